The van der Waals surface area contributed by atoms with E-state index in [4.69, 9.17) is 0 Å². The van der Waals surface area contributed by atoms with Crippen LogP contribution >= 0.6 is 0 Å². The molecule has 4 aromatic rings. The largest absolute Gasteiger partial charge is 0.275 e. The van der Waals surface area contributed by atoms with Crippen molar-refractivity contribution >= 4 is 11.0 Å². The van der Waals surface area contributed by atoms with Gasteiger partial charge in [0, 0.05) is 36.1 Å². The summed E-state index contributed by atoms with van der Waals surface area (Å²) in [7, 11) is 1.87. The standard InChI is InChI=1S/C17H14FN5/c1-22-10-14(8-20-22)13-6-17-16(19-7-13)9-21-23(17)11-12-4-2-3-5-15(12)18/h2-10H,11H2,1H3. The molecule has 1 aromatic carbocycles. The molecule has 0 N–H and O–H groups in total. The minimum Gasteiger partial charge on any atom is -0.275 e. The highest BCUT2D eigenvalue weighted by Gasteiger charge is 2.09. The number of fused-ring (bicyclic) bond motifs is 1. The van der Waals surface area contributed by atoms with E-state index in [1.54, 1.807) is 40.1 Å². The van der Waals surface area contributed by atoms with E-state index in [-0.39, 0.29) is 5.82 Å². The fourth-order valence-corrected chi connectivity index (χ4v) is 2.60. The molecular formula is C17H14FN5. The van der Waals surface area contributed by atoms with Crippen LogP contribution in [0.4, 0.5) is 4.39 Å². The van der Waals surface area contributed by atoms with Crippen LogP contribution in [-0.4, -0.2) is 24.5 Å². The van der Waals surface area contributed by atoms with Crippen molar-refractivity contribution in [2.24, 2.45) is 7.05 Å². The first-order chi connectivity index (χ1) is 11.2. The van der Waals surface area contributed by atoms with Gasteiger partial charge in [0.05, 0.1) is 24.5 Å². The molecule has 0 aliphatic carbocycles. The van der Waals surface area contributed by atoms with Crippen LogP contribution in [-0.2, 0) is 13.6 Å². The average Bonchev–Trinajstić information content (AvgIpc) is 3.16. The third-order valence-electron chi connectivity index (χ3n) is 3.81. The number of halogens is 1. The molecule has 0 amide bonds. The van der Waals surface area contributed by atoms with Gasteiger partial charge in [-0.15, -0.1) is 0 Å². The predicted molar refractivity (Wildman–Crippen MR) is 85.2 cm³/mol. The minimum absolute atomic E-state index is 0.229. The lowest BCUT2D eigenvalue weighted by Gasteiger charge is -2.06. The number of aromatic nitrogens is 5. The predicted octanol–water partition coefficient (Wildman–Crippen LogP) is 3.02. The van der Waals surface area contributed by atoms with E-state index in [1.807, 2.05) is 25.4 Å². The van der Waals surface area contributed by atoms with Crippen LogP contribution in [0.5, 0.6) is 0 Å². The maximum atomic E-state index is 13.9. The van der Waals surface area contributed by atoms with Crippen LogP contribution in [0.2, 0.25) is 0 Å². The van der Waals surface area contributed by atoms with Gasteiger partial charge in [-0.3, -0.25) is 14.3 Å². The molecule has 0 saturated carbocycles. The first-order valence-corrected chi connectivity index (χ1v) is 7.25. The van der Waals surface area contributed by atoms with Crippen molar-refractivity contribution in [1.82, 2.24) is 24.5 Å². The first kappa shape index (κ1) is 13.6. The summed E-state index contributed by atoms with van der Waals surface area (Å²) in [6, 6.07) is 8.74. The monoisotopic (exact) mass is 307 g/mol. The van der Waals surface area contributed by atoms with Gasteiger partial charge in [-0.1, -0.05) is 18.2 Å². The van der Waals surface area contributed by atoms with Gasteiger partial charge in [0.15, 0.2) is 0 Å². The molecule has 0 unspecified atom stereocenters. The van der Waals surface area contributed by atoms with E-state index in [0.717, 1.165) is 22.2 Å². The van der Waals surface area contributed by atoms with Gasteiger partial charge in [0.2, 0.25) is 0 Å². The lowest BCUT2D eigenvalue weighted by atomic mass is 10.1. The molecular weight excluding hydrogens is 293 g/mol. The molecule has 0 aliphatic heterocycles. The Balaban J connectivity index is 1.77. The van der Waals surface area contributed by atoms with E-state index in [2.05, 4.69) is 15.2 Å². The Bertz CT molecular complexity index is 985. The number of rotatable bonds is 3. The minimum atomic E-state index is -0.229. The zero-order valence-corrected chi connectivity index (χ0v) is 12.5. The number of nitrogens with zero attached hydrogens (tertiary/aromatic N) is 5. The highest BCUT2D eigenvalue weighted by molar-refractivity contribution is 5.80. The van der Waals surface area contributed by atoms with E-state index in [9.17, 15) is 4.39 Å². The molecule has 0 aliphatic rings. The fourth-order valence-electron chi connectivity index (χ4n) is 2.60. The maximum Gasteiger partial charge on any atom is 0.128 e. The third kappa shape index (κ3) is 2.48. The molecule has 5 nitrogen and oxygen atoms in total. The van der Waals surface area contributed by atoms with Crippen molar-refractivity contribution < 1.29 is 4.39 Å². The second-order valence-electron chi connectivity index (χ2n) is 5.42. The fraction of sp³-hybridized carbons (Fsp3) is 0.118. The number of hydrogen-bond acceptors (Lipinski definition) is 3. The molecule has 0 spiro atoms. The van der Waals surface area contributed by atoms with E-state index >= 15 is 0 Å². The smallest absolute Gasteiger partial charge is 0.128 e. The SMILES string of the molecule is Cn1cc(-c2cnc3cnn(Cc4ccccc4F)c3c2)cn1. The Hall–Kier alpha value is -3.02. The molecule has 0 saturated heterocycles. The van der Waals surface area contributed by atoms with Gasteiger partial charge in [-0.05, 0) is 12.1 Å². The van der Waals surface area contributed by atoms with Gasteiger partial charge in [0.1, 0.15) is 11.3 Å². The lowest BCUT2D eigenvalue weighted by molar-refractivity contribution is 0.590. The summed E-state index contributed by atoms with van der Waals surface area (Å²) in [5, 5.41) is 8.52. The highest BCUT2D eigenvalue weighted by atomic mass is 19.1. The van der Waals surface area contributed by atoms with Gasteiger partial charge in [0.25, 0.3) is 0 Å². The van der Waals surface area contributed by atoms with E-state index in [1.165, 1.54) is 6.07 Å². The molecule has 6 heteroatoms. The molecule has 0 fully saturated rings. The summed E-state index contributed by atoms with van der Waals surface area (Å²) in [5.74, 6) is -0.229. The Morgan fingerprint density at radius 3 is 2.70 bits per heavy atom. The third-order valence-corrected chi connectivity index (χ3v) is 3.81. The van der Waals surface area contributed by atoms with Crippen LogP contribution in [0.25, 0.3) is 22.2 Å². The van der Waals surface area contributed by atoms with Crippen LogP contribution in [0.3, 0.4) is 0 Å². The van der Waals surface area contributed by atoms with Crippen molar-refractivity contribution in [2.75, 3.05) is 0 Å². The Labute approximate surface area is 132 Å². The number of hydrogen-bond donors (Lipinski definition) is 0. The van der Waals surface area contributed by atoms with Gasteiger partial charge in [-0.2, -0.15) is 10.2 Å². The molecule has 3 heterocycles. The number of benzene rings is 1. The summed E-state index contributed by atoms with van der Waals surface area (Å²) in [4.78, 5) is 4.44. The molecule has 4 rings (SSSR count). The number of pyridine rings is 1. The van der Waals surface area contributed by atoms with Crippen LogP contribution in [0, 0.1) is 5.82 Å². The van der Waals surface area contributed by atoms with Crippen molar-refractivity contribution in [3.8, 4) is 11.1 Å². The Morgan fingerprint density at radius 2 is 1.91 bits per heavy atom. The maximum absolute atomic E-state index is 13.9. The summed E-state index contributed by atoms with van der Waals surface area (Å²) in [6.07, 6.45) is 7.22. The first-order valence-electron chi connectivity index (χ1n) is 7.25. The van der Waals surface area contributed by atoms with Gasteiger partial charge in [-0.25, -0.2) is 4.39 Å². The summed E-state index contributed by atoms with van der Waals surface area (Å²) >= 11 is 0. The Kier molecular flexibility index (Phi) is 3.15. The Morgan fingerprint density at radius 1 is 1.04 bits per heavy atom. The van der Waals surface area contributed by atoms with E-state index < -0.39 is 0 Å². The van der Waals surface area contributed by atoms with Crippen LogP contribution in [0.1, 0.15) is 5.56 Å². The second kappa shape index (κ2) is 5.31. The normalized spacial score (nSPS) is 11.2. The zero-order chi connectivity index (χ0) is 15.8. The van der Waals surface area contributed by atoms with Crippen molar-refractivity contribution in [3.05, 3.63) is 66.5 Å². The molecule has 0 bridgehead atoms. The summed E-state index contributed by atoms with van der Waals surface area (Å²) in [6.45, 7) is 0.369. The molecule has 0 radical (unpaired) electrons. The van der Waals surface area contributed by atoms with Crippen LogP contribution in [0.15, 0.2) is 55.1 Å². The average molecular weight is 307 g/mol. The van der Waals surface area contributed by atoms with Crippen molar-refractivity contribution in [1.29, 1.82) is 0 Å². The lowest BCUT2D eigenvalue weighted by Crippen LogP contribution is -2.03. The topological polar surface area (TPSA) is 48.5 Å². The molecule has 0 atom stereocenters. The van der Waals surface area contributed by atoms with Crippen molar-refractivity contribution in [2.45, 2.75) is 6.54 Å². The van der Waals surface area contributed by atoms with Gasteiger partial charge < -0.3 is 0 Å². The zero-order valence-electron chi connectivity index (χ0n) is 12.5. The highest BCUT2D eigenvalue weighted by Crippen LogP contribution is 2.22. The summed E-state index contributed by atoms with van der Waals surface area (Å²) in [5.41, 5.74) is 4.20. The molecule has 3 aromatic heterocycles. The molecule has 114 valence electrons. The van der Waals surface area contributed by atoms with Crippen molar-refractivity contribution in [3.63, 3.8) is 0 Å². The second-order valence-corrected chi connectivity index (χ2v) is 5.42. The summed E-state index contributed by atoms with van der Waals surface area (Å²) < 4.78 is 17.4. The van der Waals surface area contributed by atoms with E-state index in [0.29, 0.717) is 12.1 Å². The number of aryl methyl sites for hydroxylation is 1. The van der Waals surface area contributed by atoms with Crippen LogP contribution < -0.4 is 0 Å². The van der Waals surface area contributed by atoms with Gasteiger partial charge >= 0.3 is 0 Å². The molecule has 23 heavy (non-hydrogen) atoms. The quantitative estimate of drug-likeness (QED) is 0.584.